The first-order valence-electron chi connectivity index (χ1n) is 6.92. The molecule has 2 heterocycles. The number of ketones is 1. The van der Waals surface area contributed by atoms with E-state index in [-0.39, 0.29) is 19.4 Å². The Morgan fingerprint density at radius 3 is 2.65 bits per heavy atom. The second kappa shape index (κ2) is 5.52. The van der Waals surface area contributed by atoms with Crippen LogP contribution in [0.3, 0.4) is 0 Å². The molecular formula is C17H11ClO5. The van der Waals surface area contributed by atoms with Gasteiger partial charge in [-0.1, -0.05) is 17.7 Å². The van der Waals surface area contributed by atoms with Crippen molar-refractivity contribution >= 4 is 23.5 Å². The zero-order chi connectivity index (χ0) is 15.8. The molecule has 0 aliphatic carbocycles. The van der Waals surface area contributed by atoms with E-state index in [4.69, 9.17) is 30.5 Å². The molecule has 2 aromatic rings. The lowest BCUT2D eigenvalue weighted by molar-refractivity contribution is 0.104. The van der Waals surface area contributed by atoms with Crippen LogP contribution in [0.15, 0.2) is 36.4 Å². The molecule has 0 aromatic heterocycles. The molecule has 4 rings (SSSR count). The van der Waals surface area contributed by atoms with Gasteiger partial charge in [0.25, 0.3) is 0 Å². The number of rotatable bonds is 3. The first-order valence-corrected chi connectivity index (χ1v) is 7.30. The number of halogens is 1. The minimum absolute atomic E-state index is 0.142. The summed E-state index contributed by atoms with van der Waals surface area (Å²) in [6.07, 6.45) is 3.16. The smallest absolute Gasteiger partial charge is 0.231 e. The molecule has 0 unspecified atom stereocenters. The van der Waals surface area contributed by atoms with E-state index in [1.165, 1.54) is 6.08 Å². The summed E-state index contributed by atoms with van der Waals surface area (Å²) in [5.41, 5.74) is 1.28. The van der Waals surface area contributed by atoms with Gasteiger partial charge in [0.1, 0.15) is 0 Å². The molecule has 23 heavy (non-hydrogen) atoms. The summed E-state index contributed by atoms with van der Waals surface area (Å²) in [7, 11) is 0. The Bertz CT molecular complexity index is 828. The van der Waals surface area contributed by atoms with Gasteiger partial charge in [-0.15, -0.1) is 0 Å². The van der Waals surface area contributed by atoms with Crippen molar-refractivity contribution in [2.45, 2.75) is 0 Å². The van der Waals surface area contributed by atoms with Crippen molar-refractivity contribution in [3.63, 3.8) is 0 Å². The van der Waals surface area contributed by atoms with Gasteiger partial charge in [-0.25, -0.2) is 0 Å². The summed E-state index contributed by atoms with van der Waals surface area (Å²) >= 11 is 6.12. The molecule has 0 atom stereocenters. The first kappa shape index (κ1) is 14.0. The number of hydrogen-bond donors (Lipinski definition) is 0. The maximum absolute atomic E-state index is 12.3. The van der Waals surface area contributed by atoms with Gasteiger partial charge in [-0.05, 0) is 42.0 Å². The number of carbonyl (C=O) groups is 1. The van der Waals surface area contributed by atoms with E-state index in [1.54, 1.807) is 36.4 Å². The van der Waals surface area contributed by atoms with E-state index in [0.717, 1.165) is 5.56 Å². The predicted molar refractivity (Wildman–Crippen MR) is 83.5 cm³/mol. The lowest BCUT2D eigenvalue weighted by atomic mass is 10.1. The highest BCUT2D eigenvalue weighted by molar-refractivity contribution is 6.32. The molecule has 0 fully saturated rings. The number of allylic oxidation sites excluding steroid dienone is 1. The Labute approximate surface area is 137 Å². The second-order valence-corrected chi connectivity index (χ2v) is 5.41. The normalized spacial score (nSPS) is 14.5. The molecule has 0 spiro atoms. The Morgan fingerprint density at radius 2 is 1.74 bits per heavy atom. The molecule has 2 aromatic carbocycles. The Balaban J connectivity index is 1.57. The van der Waals surface area contributed by atoms with Crippen molar-refractivity contribution in [1.82, 2.24) is 0 Å². The Kier molecular flexibility index (Phi) is 3.35. The quantitative estimate of drug-likeness (QED) is 0.634. The first-order chi connectivity index (χ1) is 11.2. The van der Waals surface area contributed by atoms with E-state index in [0.29, 0.717) is 33.6 Å². The fourth-order valence-electron chi connectivity index (χ4n) is 2.40. The van der Waals surface area contributed by atoms with Gasteiger partial charge in [-0.2, -0.15) is 0 Å². The van der Waals surface area contributed by atoms with Gasteiger partial charge in [0, 0.05) is 5.56 Å². The van der Waals surface area contributed by atoms with Crippen molar-refractivity contribution in [2.24, 2.45) is 0 Å². The van der Waals surface area contributed by atoms with Crippen molar-refractivity contribution in [2.75, 3.05) is 13.6 Å². The van der Waals surface area contributed by atoms with E-state index < -0.39 is 0 Å². The molecule has 116 valence electrons. The van der Waals surface area contributed by atoms with Crippen LogP contribution in [0, 0.1) is 0 Å². The predicted octanol–water partition coefficient (Wildman–Crippen LogP) is 3.69. The van der Waals surface area contributed by atoms with Gasteiger partial charge >= 0.3 is 0 Å². The molecule has 0 amide bonds. The highest BCUT2D eigenvalue weighted by atomic mass is 35.5. The number of ether oxygens (including phenoxy) is 4. The van der Waals surface area contributed by atoms with Crippen LogP contribution in [0.1, 0.15) is 15.9 Å². The highest BCUT2D eigenvalue weighted by Crippen LogP contribution is 2.40. The minimum Gasteiger partial charge on any atom is -0.454 e. The summed E-state index contributed by atoms with van der Waals surface area (Å²) < 4.78 is 21.1. The van der Waals surface area contributed by atoms with Crippen LogP contribution in [0.2, 0.25) is 5.02 Å². The average Bonchev–Trinajstić information content (AvgIpc) is 3.20. The Morgan fingerprint density at radius 1 is 0.957 bits per heavy atom. The Hall–Kier alpha value is -2.66. The van der Waals surface area contributed by atoms with Crippen LogP contribution in [0.25, 0.3) is 6.08 Å². The van der Waals surface area contributed by atoms with Gasteiger partial charge in [-0.3, -0.25) is 4.79 Å². The van der Waals surface area contributed by atoms with Gasteiger partial charge in [0.05, 0.1) is 5.02 Å². The van der Waals surface area contributed by atoms with Crippen LogP contribution in [0.5, 0.6) is 23.0 Å². The third-order valence-electron chi connectivity index (χ3n) is 3.53. The topological polar surface area (TPSA) is 54.0 Å². The zero-order valence-electron chi connectivity index (χ0n) is 11.9. The van der Waals surface area contributed by atoms with Crippen LogP contribution >= 0.6 is 11.6 Å². The third-order valence-corrected chi connectivity index (χ3v) is 3.81. The maximum atomic E-state index is 12.3. The molecule has 0 N–H and O–H groups in total. The summed E-state index contributed by atoms with van der Waals surface area (Å²) in [4.78, 5) is 12.3. The molecule has 2 aliphatic heterocycles. The summed E-state index contributed by atoms with van der Waals surface area (Å²) in [6, 6.07) is 8.59. The molecule has 6 heteroatoms. The molecule has 0 saturated carbocycles. The largest absolute Gasteiger partial charge is 0.454 e. The third kappa shape index (κ3) is 2.59. The van der Waals surface area contributed by atoms with Crippen molar-refractivity contribution in [3.8, 4) is 23.0 Å². The highest BCUT2D eigenvalue weighted by Gasteiger charge is 2.18. The van der Waals surface area contributed by atoms with Gasteiger partial charge in [0.2, 0.25) is 13.6 Å². The monoisotopic (exact) mass is 330 g/mol. The standard InChI is InChI=1S/C17H11ClO5/c18-12-5-10(6-16-17(12)23-9-22-16)1-3-13(19)11-2-4-14-15(7-11)21-8-20-14/h1-7H,8-9H2/b3-1+. The molecule has 0 radical (unpaired) electrons. The van der Waals surface area contributed by atoms with Crippen molar-refractivity contribution in [1.29, 1.82) is 0 Å². The minimum atomic E-state index is -0.142. The van der Waals surface area contributed by atoms with E-state index in [2.05, 4.69) is 0 Å². The van der Waals surface area contributed by atoms with E-state index in [9.17, 15) is 4.79 Å². The fraction of sp³-hybridized carbons (Fsp3) is 0.118. The number of benzene rings is 2. The maximum Gasteiger partial charge on any atom is 0.231 e. The fourth-order valence-corrected chi connectivity index (χ4v) is 2.68. The lowest BCUT2D eigenvalue weighted by Gasteiger charge is -2.01. The van der Waals surface area contributed by atoms with Crippen LogP contribution in [-0.4, -0.2) is 19.4 Å². The van der Waals surface area contributed by atoms with E-state index in [1.807, 2.05) is 0 Å². The van der Waals surface area contributed by atoms with E-state index >= 15 is 0 Å². The summed E-state index contributed by atoms with van der Waals surface area (Å²) in [5.74, 6) is 2.19. The van der Waals surface area contributed by atoms with Crippen LogP contribution in [-0.2, 0) is 0 Å². The molecule has 5 nitrogen and oxygen atoms in total. The lowest BCUT2D eigenvalue weighted by Crippen LogP contribution is -1.94. The summed E-state index contributed by atoms with van der Waals surface area (Å²) in [5, 5.41) is 0.454. The number of fused-ring (bicyclic) bond motifs is 2. The van der Waals surface area contributed by atoms with Crippen LogP contribution < -0.4 is 18.9 Å². The SMILES string of the molecule is O=C(/C=C/c1cc(Cl)c2c(c1)OCO2)c1ccc2c(c1)OCO2. The van der Waals surface area contributed by atoms with Crippen molar-refractivity contribution < 1.29 is 23.7 Å². The van der Waals surface area contributed by atoms with Crippen LogP contribution in [0.4, 0.5) is 0 Å². The molecular weight excluding hydrogens is 320 g/mol. The number of hydrogen-bond acceptors (Lipinski definition) is 5. The van der Waals surface area contributed by atoms with Gasteiger partial charge < -0.3 is 18.9 Å². The molecule has 2 aliphatic rings. The zero-order valence-corrected chi connectivity index (χ0v) is 12.6. The van der Waals surface area contributed by atoms with Gasteiger partial charge in [0.15, 0.2) is 28.8 Å². The average molecular weight is 331 g/mol. The molecule has 0 saturated heterocycles. The van der Waals surface area contributed by atoms with Crippen molar-refractivity contribution in [3.05, 3.63) is 52.6 Å². The number of carbonyl (C=O) groups excluding carboxylic acids is 1. The second-order valence-electron chi connectivity index (χ2n) is 5.00. The molecule has 0 bridgehead atoms. The summed E-state index contributed by atoms with van der Waals surface area (Å²) in [6.45, 7) is 0.330.